The summed E-state index contributed by atoms with van der Waals surface area (Å²) in [5, 5.41) is 3.75. The topological polar surface area (TPSA) is 49.4 Å². The van der Waals surface area contributed by atoms with Gasteiger partial charge in [-0.2, -0.15) is 0 Å². The molecule has 0 radical (unpaired) electrons. The van der Waals surface area contributed by atoms with Gasteiger partial charge in [0.25, 0.3) is 11.8 Å². The second kappa shape index (κ2) is 6.71. The minimum atomic E-state index is -0.562. The van der Waals surface area contributed by atoms with Crippen LogP contribution in [-0.4, -0.2) is 17.9 Å². The Morgan fingerprint density at radius 3 is 2.13 bits per heavy atom. The molecule has 7 heteroatoms. The third kappa shape index (κ3) is 3.35. The van der Waals surface area contributed by atoms with Crippen LogP contribution in [0.1, 0.15) is 32.1 Å². The molecule has 1 saturated carbocycles. The quantitative estimate of drug-likeness (QED) is 0.806. The van der Waals surface area contributed by atoms with E-state index in [-0.39, 0.29) is 16.8 Å². The molecule has 23 heavy (non-hydrogen) atoms. The standard InChI is InChI=1S/C16H15Cl3N2O2/c17-9-6-10(18)8-12(7-9)21-15(22)13(19)14(16(21)23)20-11-4-2-1-3-5-11/h6-8,11,20H,1-5H2. The van der Waals surface area contributed by atoms with Crippen LogP contribution >= 0.6 is 34.8 Å². The lowest BCUT2D eigenvalue weighted by atomic mass is 9.95. The van der Waals surface area contributed by atoms with Crippen molar-refractivity contribution in [2.45, 2.75) is 38.1 Å². The van der Waals surface area contributed by atoms with Crippen LogP contribution in [0.2, 0.25) is 10.0 Å². The van der Waals surface area contributed by atoms with Gasteiger partial charge in [0.1, 0.15) is 10.7 Å². The van der Waals surface area contributed by atoms with Gasteiger partial charge in [-0.1, -0.05) is 54.1 Å². The van der Waals surface area contributed by atoms with Crippen molar-refractivity contribution in [2.75, 3.05) is 4.90 Å². The van der Waals surface area contributed by atoms with Crippen molar-refractivity contribution < 1.29 is 9.59 Å². The van der Waals surface area contributed by atoms with Gasteiger partial charge >= 0.3 is 0 Å². The first-order chi connectivity index (χ1) is 11.0. The van der Waals surface area contributed by atoms with Crippen LogP contribution < -0.4 is 10.2 Å². The predicted molar refractivity (Wildman–Crippen MR) is 91.8 cm³/mol. The number of hydrogen-bond donors (Lipinski definition) is 1. The Balaban J connectivity index is 1.86. The molecule has 2 amide bonds. The van der Waals surface area contributed by atoms with E-state index in [0.717, 1.165) is 30.6 Å². The van der Waals surface area contributed by atoms with E-state index in [0.29, 0.717) is 15.7 Å². The van der Waals surface area contributed by atoms with Gasteiger partial charge in [-0.15, -0.1) is 0 Å². The average Bonchev–Trinajstić information content (AvgIpc) is 2.71. The molecule has 0 atom stereocenters. The number of nitrogens with zero attached hydrogens (tertiary/aromatic N) is 1. The number of benzene rings is 1. The van der Waals surface area contributed by atoms with Gasteiger partial charge in [-0.05, 0) is 31.0 Å². The van der Waals surface area contributed by atoms with Crippen molar-refractivity contribution in [3.8, 4) is 0 Å². The van der Waals surface area contributed by atoms with Crippen molar-refractivity contribution in [3.63, 3.8) is 0 Å². The maximum Gasteiger partial charge on any atom is 0.283 e. The third-order valence-electron chi connectivity index (χ3n) is 4.09. The summed E-state index contributed by atoms with van der Waals surface area (Å²) in [6.07, 6.45) is 5.36. The molecule has 0 unspecified atom stereocenters. The predicted octanol–water partition coefficient (Wildman–Crippen LogP) is 4.24. The number of hydrogen-bond acceptors (Lipinski definition) is 3. The van der Waals surface area contributed by atoms with E-state index in [2.05, 4.69) is 5.32 Å². The molecule has 0 aromatic heterocycles. The summed E-state index contributed by atoms with van der Waals surface area (Å²) >= 11 is 18.0. The second-order valence-electron chi connectivity index (χ2n) is 5.74. The van der Waals surface area contributed by atoms with Crippen LogP contribution in [0.3, 0.4) is 0 Å². The number of imide groups is 1. The van der Waals surface area contributed by atoms with Crippen molar-refractivity contribution in [1.82, 2.24) is 5.32 Å². The van der Waals surface area contributed by atoms with Gasteiger partial charge in [0.05, 0.1) is 5.69 Å². The van der Waals surface area contributed by atoms with Crippen LogP contribution in [0.4, 0.5) is 5.69 Å². The first-order valence-electron chi connectivity index (χ1n) is 7.48. The molecule has 2 aliphatic rings. The zero-order valence-corrected chi connectivity index (χ0v) is 14.5. The summed E-state index contributed by atoms with van der Waals surface area (Å²) in [7, 11) is 0. The van der Waals surface area contributed by atoms with Crippen molar-refractivity contribution in [1.29, 1.82) is 0 Å². The number of anilines is 1. The van der Waals surface area contributed by atoms with Crippen LogP contribution in [0, 0.1) is 0 Å². The molecule has 0 bridgehead atoms. The molecule has 0 saturated heterocycles. The Morgan fingerprint density at radius 2 is 1.52 bits per heavy atom. The molecule has 1 heterocycles. The molecule has 1 fully saturated rings. The number of carbonyl (C=O) groups is 2. The molecular formula is C16H15Cl3N2O2. The average molecular weight is 374 g/mol. The van der Waals surface area contributed by atoms with Crippen LogP contribution in [0.15, 0.2) is 28.9 Å². The maximum atomic E-state index is 12.6. The summed E-state index contributed by atoms with van der Waals surface area (Å²) in [6.45, 7) is 0. The lowest BCUT2D eigenvalue weighted by molar-refractivity contribution is -0.120. The van der Waals surface area contributed by atoms with Gasteiger partial charge < -0.3 is 5.32 Å². The Morgan fingerprint density at radius 1 is 0.913 bits per heavy atom. The van der Waals surface area contributed by atoms with Gasteiger partial charge in [0.2, 0.25) is 0 Å². The summed E-state index contributed by atoms with van der Waals surface area (Å²) < 4.78 is 0. The summed E-state index contributed by atoms with van der Waals surface area (Å²) in [5.41, 5.74) is 0.482. The fraction of sp³-hybridized carbons (Fsp3) is 0.375. The van der Waals surface area contributed by atoms with E-state index in [1.807, 2.05) is 0 Å². The van der Waals surface area contributed by atoms with E-state index in [4.69, 9.17) is 34.8 Å². The van der Waals surface area contributed by atoms with Crippen molar-refractivity contribution >= 4 is 52.3 Å². The minimum absolute atomic E-state index is 0.0864. The van der Waals surface area contributed by atoms with Crippen LogP contribution in [-0.2, 0) is 9.59 Å². The summed E-state index contributed by atoms with van der Waals surface area (Å²) in [4.78, 5) is 26.0. The Labute approximate surface area is 149 Å². The van der Waals surface area contributed by atoms with Gasteiger partial charge in [-0.25, -0.2) is 4.90 Å². The summed E-state index contributed by atoms with van der Waals surface area (Å²) in [6, 6.07) is 4.73. The number of nitrogens with one attached hydrogen (secondary N) is 1. The largest absolute Gasteiger partial charge is 0.376 e. The van der Waals surface area contributed by atoms with Gasteiger partial charge in [0.15, 0.2) is 0 Å². The highest BCUT2D eigenvalue weighted by Crippen LogP contribution is 2.32. The van der Waals surface area contributed by atoms with Crippen LogP contribution in [0.5, 0.6) is 0 Å². The monoisotopic (exact) mass is 372 g/mol. The van der Waals surface area contributed by atoms with Crippen LogP contribution in [0.25, 0.3) is 0 Å². The third-order valence-corrected chi connectivity index (χ3v) is 4.87. The van der Waals surface area contributed by atoms with E-state index in [1.54, 1.807) is 0 Å². The number of carbonyl (C=O) groups excluding carboxylic acids is 2. The highest BCUT2D eigenvalue weighted by molar-refractivity contribution is 6.52. The highest BCUT2D eigenvalue weighted by Gasteiger charge is 2.39. The maximum absolute atomic E-state index is 12.6. The lowest BCUT2D eigenvalue weighted by Crippen LogP contribution is -2.37. The fourth-order valence-corrected chi connectivity index (χ4v) is 3.72. The molecule has 4 nitrogen and oxygen atoms in total. The molecule has 122 valence electrons. The number of rotatable bonds is 3. The number of halogens is 3. The molecule has 1 aromatic rings. The fourth-order valence-electron chi connectivity index (χ4n) is 2.98. The Bertz CT molecular complexity index is 676. The molecular weight excluding hydrogens is 359 g/mol. The molecule has 1 aliphatic carbocycles. The highest BCUT2D eigenvalue weighted by atomic mass is 35.5. The Hall–Kier alpha value is -1.23. The van der Waals surface area contributed by atoms with Crippen molar-refractivity contribution in [3.05, 3.63) is 39.0 Å². The smallest absolute Gasteiger partial charge is 0.283 e. The molecule has 0 spiro atoms. The van der Waals surface area contributed by atoms with E-state index >= 15 is 0 Å². The molecule has 1 aliphatic heterocycles. The number of amides is 2. The SMILES string of the molecule is O=C1C(Cl)=C(NC2CCCCC2)C(=O)N1c1cc(Cl)cc(Cl)c1. The molecule has 1 N–H and O–H groups in total. The first kappa shape index (κ1) is 16.6. The normalized spacial score (nSPS) is 19.7. The first-order valence-corrected chi connectivity index (χ1v) is 8.62. The minimum Gasteiger partial charge on any atom is -0.376 e. The lowest BCUT2D eigenvalue weighted by Gasteiger charge is -2.24. The van der Waals surface area contributed by atoms with Gasteiger partial charge in [0, 0.05) is 16.1 Å². The zero-order chi connectivity index (χ0) is 16.6. The molecule has 3 rings (SSSR count). The Kier molecular flexibility index (Phi) is 4.85. The zero-order valence-electron chi connectivity index (χ0n) is 12.2. The van der Waals surface area contributed by atoms with E-state index in [1.165, 1.54) is 24.6 Å². The molecule has 1 aromatic carbocycles. The van der Waals surface area contributed by atoms with E-state index in [9.17, 15) is 9.59 Å². The summed E-state index contributed by atoms with van der Waals surface area (Å²) in [5.74, 6) is -1.03. The second-order valence-corrected chi connectivity index (χ2v) is 6.99. The van der Waals surface area contributed by atoms with Crippen molar-refractivity contribution in [2.24, 2.45) is 0 Å². The van der Waals surface area contributed by atoms with E-state index < -0.39 is 11.8 Å². The van der Waals surface area contributed by atoms with Gasteiger partial charge in [-0.3, -0.25) is 9.59 Å².